The summed E-state index contributed by atoms with van der Waals surface area (Å²) in [6, 6.07) is 22.9. The number of anilines is 1. The fraction of sp³-hybridized carbons (Fsp3) is 0.286. The molecule has 2 amide bonds. The Balaban J connectivity index is 1.09. The number of carbonyl (C=O) groups is 2. The minimum Gasteiger partial charge on any atom is -0.454 e. The van der Waals surface area contributed by atoms with Gasteiger partial charge < -0.3 is 20.1 Å². The van der Waals surface area contributed by atoms with Gasteiger partial charge in [0.25, 0.3) is 5.91 Å². The van der Waals surface area contributed by atoms with Crippen LogP contribution in [0, 0.1) is 0 Å². The highest BCUT2D eigenvalue weighted by Crippen LogP contribution is 2.32. The molecule has 0 aromatic heterocycles. The van der Waals surface area contributed by atoms with E-state index >= 15 is 0 Å². The predicted molar refractivity (Wildman–Crippen MR) is 137 cm³/mol. The SMILES string of the molecule is O=C(CN1CCN(Cc2ccc3c(c2)OCO3)CC1)Nc1ccccc1C(=O)NCc1ccccc1. The van der Waals surface area contributed by atoms with Gasteiger partial charge in [0.15, 0.2) is 11.5 Å². The van der Waals surface area contributed by atoms with E-state index in [2.05, 4.69) is 26.5 Å². The molecule has 0 aliphatic carbocycles. The van der Waals surface area contributed by atoms with E-state index in [1.807, 2.05) is 48.5 Å². The predicted octanol–water partition coefficient (Wildman–Crippen LogP) is 3.10. The lowest BCUT2D eigenvalue weighted by atomic mass is 10.1. The zero-order chi connectivity index (χ0) is 24.7. The number of piperazine rings is 1. The van der Waals surface area contributed by atoms with Gasteiger partial charge >= 0.3 is 0 Å². The van der Waals surface area contributed by atoms with Crippen LogP contribution in [0.3, 0.4) is 0 Å². The minimum atomic E-state index is -0.216. The number of amides is 2. The van der Waals surface area contributed by atoms with E-state index in [1.165, 1.54) is 5.56 Å². The number of nitrogens with zero attached hydrogens (tertiary/aromatic N) is 2. The van der Waals surface area contributed by atoms with Crippen LogP contribution in [-0.2, 0) is 17.9 Å². The van der Waals surface area contributed by atoms with Crippen molar-refractivity contribution in [3.05, 3.63) is 89.5 Å². The van der Waals surface area contributed by atoms with Crippen LogP contribution in [0.5, 0.6) is 11.5 Å². The molecule has 8 heteroatoms. The first-order valence-electron chi connectivity index (χ1n) is 12.2. The fourth-order valence-corrected chi connectivity index (χ4v) is 4.46. The van der Waals surface area contributed by atoms with Gasteiger partial charge in [0.2, 0.25) is 12.7 Å². The minimum absolute atomic E-state index is 0.123. The second-order valence-corrected chi connectivity index (χ2v) is 9.00. The highest BCUT2D eigenvalue weighted by Gasteiger charge is 2.21. The number of fused-ring (bicyclic) bond motifs is 1. The lowest BCUT2D eigenvalue weighted by molar-refractivity contribution is -0.117. The van der Waals surface area contributed by atoms with Gasteiger partial charge in [-0.3, -0.25) is 19.4 Å². The van der Waals surface area contributed by atoms with Gasteiger partial charge in [-0.2, -0.15) is 0 Å². The largest absolute Gasteiger partial charge is 0.454 e. The van der Waals surface area contributed by atoms with Crippen molar-refractivity contribution in [2.75, 3.05) is 44.8 Å². The normalized spacial score (nSPS) is 15.4. The number of rotatable bonds is 8. The van der Waals surface area contributed by atoms with Crippen LogP contribution in [0.1, 0.15) is 21.5 Å². The Morgan fingerprint density at radius 2 is 1.50 bits per heavy atom. The first-order valence-corrected chi connectivity index (χ1v) is 12.2. The summed E-state index contributed by atoms with van der Waals surface area (Å²) in [6.45, 7) is 5.19. The van der Waals surface area contributed by atoms with E-state index in [-0.39, 0.29) is 25.2 Å². The number of hydrogen-bond donors (Lipinski definition) is 2. The molecule has 0 spiro atoms. The maximum absolute atomic E-state index is 12.8. The molecule has 2 aliphatic rings. The molecule has 8 nitrogen and oxygen atoms in total. The average molecular weight is 487 g/mol. The van der Waals surface area contributed by atoms with Crippen molar-refractivity contribution in [1.29, 1.82) is 0 Å². The van der Waals surface area contributed by atoms with Crippen LogP contribution in [0.4, 0.5) is 5.69 Å². The molecule has 36 heavy (non-hydrogen) atoms. The molecule has 2 N–H and O–H groups in total. The Labute approximate surface area is 210 Å². The second kappa shape index (κ2) is 11.2. The van der Waals surface area contributed by atoms with Crippen molar-refractivity contribution in [2.45, 2.75) is 13.1 Å². The topological polar surface area (TPSA) is 83.1 Å². The van der Waals surface area contributed by atoms with Gasteiger partial charge in [0.05, 0.1) is 17.8 Å². The van der Waals surface area contributed by atoms with Crippen molar-refractivity contribution in [3.63, 3.8) is 0 Å². The summed E-state index contributed by atoms with van der Waals surface area (Å²) < 4.78 is 10.9. The van der Waals surface area contributed by atoms with E-state index in [4.69, 9.17) is 9.47 Å². The molecule has 0 radical (unpaired) electrons. The molecule has 2 aliphatic heterocycles. The lowest BCUT2D eigenvalue weighted by Gasteiger charge is -2.34. The Bertz CT molecular complexity index is 1210. The first-order chi connectivity index (χ1) is 17.6. The number of carbonyl (C=O) groups excluding carboxylic acids is 2. The van der Waals surface area contributed by atoms with E-state index in [0.29, 0.717) is 17.8 Å². The molecule has 186 valence electrons. The summed E-state index contributed by atoms with van der Waals surface area (Å²) in [4.78, 5) is 30.1. The Morgan fingerprint density at radius 3 is 2.33 bits per heavy atom. The average Bonchev–Trinajstić information content (AvgIpc) is 3.37. The summed E-state index contributed by atoms with van der Waals surface area (Å²) in [5.74, 6) is 1.26. The number of nitrogens with one attached hydrogen (secondary N) is 2. The third kappa shape index (κ3) is 6.02. The molecule has 0 saturated carbocycles. The highest BCUT2D eigenvalue weighted by molar-refractivity contribution is 6.04. The van der Waals surface area contributed by atoms with Crippen molar-refractivity contribution >= 4 is 17.5 Å². The molecule has 0 atom stereocenters. The van der Waals surface area contributed by atoms with Crippen molar-refractivity contribution in [1.82, 2.24) is 15.1 Å². The van der Waals surface area contributed by atoms with Crippen LogP contribution in [0.15, 0.2) is 72.8 Å². The molecule has 0 unspecified atom stereocenters. The quantitative estimate of drug-likeness (QED) is 0.509. The number of para-hydroxylation sites is 1. The smallest absolute Gasteiger partial charge is 0.253 e. The second-order valence-electron chi connectivity index (χ2n) is 9.00. The van der Waals surface area contributed by atoms with Crippen molar-refractivity contribution < 1.29 is 19.1 Å². The van der Waals surface area contributed by atoms with E-state index < -0.39 is 0 Å². The monoisotopic (exact) mass is 486 g/mol. The summed E-state index contributed by atoms with van der Waals surface area (Å²) in [6.07, 6.45) is 0. The van der Waals surface area contributed by atoms with Crippen LogP contribution in [0.2, 0.25) is 0 Å². The third-order valence-electron chi connectivity index (χ3n) is 6.42. The van der Waals surface area contributed by atoms with Crippen molar-refractivity contribution in [3.8, 4) is 11.5 Å². The van der Waals surface area contributed by atoms with Gasteiger partial charge in [-0.25, -0.2) is 0 Å². The Hall–Kier alpha value is -3.88. The van der Waals surface area contributed by atoms with Gasteiger partial charge in [-0.1, -0.05) is 48.5 Å². The maximum Gasteiger partial charge on any atom is 0.253 e. The van der Waals surface area contributed by atoms with Gasteiger partial charge in [-0.15, -0.1) is 0 Å². The van der Waals surface area contributed by atoms with E-state index in [1.54, 1.807) is 18.2 Å². The fourth-order valence-electron chi connectivity index (χ4n) is 4.46. The van der Waals surface area contributed by atoms with Crippen LogP contribution in [-0.4, -0.2) is 61.1 Å². The molecule has 2 heterocycles. The van der Waals surface area contributed by atoms with Crippen LogP contribution in [0.25, 0.3) is 0 Å². The lowest BCUT2D eigenvalue weighted by Crippen LogP contribution is -2.48. The molecule has 3 aromatic carbocycles. The Morgan fingerprint density at radius 1 is 0.778 bits per heavy atom. The summed E-state index contributed by atoms with van der Waals surface area (Å²) >= 11 is 0. The molecule has 3 aromatic rings. The molecular formula is C28H30N4O4. The number of hydrogen-bond acceptors (Lipinski definition) is 6. The zero-order valence-corrected chi connectivity index (χ0v) is 20.1. The highest BCUT2D eigenvalue weighted by atomic mass is 16.7. The van der Waals surface area contributed by atoms with Gasteiger partial charge in [-0.05, 0) is 35.4 Å². The molecule has 0 bridgehead atoms. The molecule has 1 fully saturated rings. The maximum atomic E-state index is 12.8. The van der Waals surface area contributed by atoms with E-state index in [9.17, 15) is 9.59 Å². The number of benzene rings is 3. The Kier molecular flexibility index (Phi) is 7.44. The molecule has 1 saturated heterocycles. The molecular weight excluding hydrogens is 456 g/mol. The van der Waals surface area contributed by atoms with Crippen LogP contribution < -0.4 is 20.1 Å². The van der Waals surface area contributed by atoms with Crippen LogP contribution >= 0.6 is 0 Å². The third-order valence-corrected chi connectivity index (χ3v) is 6.42. The zero-order valence-electron chi connectivity index (χ0n) is 20.1. The summed E-state index contributed by atoms with van der Waals surface area (Å²) in [7, 11) is 0. The number of ether oxygens (including phenoxy) is 2. The van der Waals surface area contributed by atoms with E-state index in [0.717, 1.165) is 49.8 Å². The van der Waals surface area contributed by atoms with Gasteiger partial charge in [0.1, 0.15) is 0 Å². The van der Waals surface area contributed by atoms with Gasteiger partial charge in [0, 0.05) is 39.3 Å². The summed E-state index contributed by atoms with van der Waals surface area (Å²) in [5.41, 5.74) is 3.18. The summed E-state index contributed by atoms with van der Waals surface area (Å²) in [5, 5.41) is 5.86. The standard InChI is InChI=1S/C28H30N4O4/c33-27(30-24-9-5-4-8-23(24)28(34)29-17-21-6-2-1-3-7-21)19-32-14-12-31(13-15-32)18-22-10-11-25-26(16-22)36-20-35-25/h1-11,16H,12-15,17-20H2,(H,29,34)(H,30,33). The molecule has 5 rings (SSSR count). The first kappa shape index (κ1) is 23.8. The van der Waals surface area contributed by atoms with Crippen molar-refractivity contribution in [2.24, 2.45) is 0 Å².